The summed E-state index contributed by atoms with van der Waals surface area (Å²) in [6, 6.07) is -0.411. The van der Waals surface area contributed by atoms with Gasteiger partial charge in [-0.05, 0) is 24.2 Å². The second-order valence-electron chi connectivity index (χ2n) is 6.80. The Bertz CT molecular complexity index is 250. The largest absolute Gasteiger partial charge is 0.354 e. The van der Waals surface area contributed by atoms with E-state index < -0.39 is 6.04 Å². The maximum absolute atomic E-state index is 12.0. The van der Waals surface area contributed by atoms with Gasteiger partial charge in [-0.2, -0.15) is 0 Å². The molecular formula is C15H30N2O. The Morgan fingerprint density at radius 2 is 1.67 bits per heavy atom. The molecule has 1 amide bonds. The number of nitrogens with two attached hydrogens (primary N) is 1. The monoisotopic (exact) mass is 254 g/mol. The van der Waals surface area contributed by atoms with Crippen LogP contribution in [0, 0.1) is 11.3 Å². The van der Waals surface area contributed by atoms with E-state index >= 15 is 0 Å². The molecule has 1 saturated carbocycles. The van der Waals surface area contributed by atoms with Gasteiger partial charge in [0.1, 0.15) is 0 Å². The lowest BCUT2D eigenvalue weighted by atomic mass is 9.86. The molecular weight excluding hydrogens is 224 g/mol. The molecule has 3 heteroatoms. The molecule has 0 aromatic carbocycles. The number of carbonyl (C=O) groups excluding carboxylic acids is 1. The van der Waals surface area contributed by atoms with Crippen molar-refractivity contribution < 1.29 is 4.79 Å². The first-order chi connectivity index (χ1) is 8.41. The van der Waals surface area contributed by atoms with Gasteiger partial charge in [0.2, 0.25) is 5.91 Å². The van der Waals surface area contributed by atoms with Crippen molar-refractivity contribution in [3.8, 4) is 0 Å². The zero-order valence-corrected chi connectivity index (χ0v) is 12.3. The molecule has 0 aromatic rings. The van der Waals surface area contributed by atoms with Gasteiger partial charge in [0.15, 0.2) is 0 Å². The van der Waals surface area contributed by atoms with Crippen LogP contribution in [0.25, 0.3) is 0 Å². The normalized spacial score (nSPS) is 20.9. The van der Waals surface area contributed by atoms with Gasteiger partial charge in [-0.15, -0.1) is 0 Å². The summed E-state index contributed by atoms with van der Waals surface area (Å²) >= 11 is 0. The second kappa shape index (κ2) is 7.13. The lowest BCUT2D eigenvalue weighted by molar-refractivity contribution is -0.124. The van der Waals surface area contributed by atoms with Crippen LogP contribution in [-0.4, -0.2) is 18.5 Å². The fourth-order valence-electron chi connectivity index (χ4n) is 2.49. The van der Waals surface area contributed by atoms with Gasteiger partial charge in [0.05, 0.1) is 6.04 Å². The van der Waals surface area contributed by atoms with Gasteiger partial charge >= 0.3 is 0 Å². The summed E-state index contributed by atoms with van der Waals surface area (Å²) in [5.74, 6) is 0.658. The average molecular weight is 254 g/mol. The Morgan fingerprint density at radius 1 is 1.17 bits per heavy atom. The second-order valence-corrected chi connectivity index (χ2v) is 6.80. The lowest BCUT2D eigenvalue weighted by Gasteiger charge is -2.27. The predicted molar refractivity (Wildman–Crippen MR) is 76.2 cm³/mol. The summed E-state index contributed by atoms with van der Waals surface area (Å²) < 4.78 is 0. The number of rotatable bonds is 3. The maximum atomic E-state index is 12.0. The highest BCUT2D eigenvalue weighted by atomic mass is 16.2. The molecule has 1 aliphatic carbocycles. The molecule has 3 nitrogen and oxygen atoms in total. The van der Waals surface area contributed by atoms with E-state index in [0.717, 1.165) is 6.54 Å². The molecule has 0 saturated heterocycles. The Kier molecular flexibility index (Phi) is 6.13. The minimum absolute atomic E-state index is 0.00422. The van der Waals surface area contributed by atoms with E-state index in [1.54, 1.807) is 0 Å². The van der Waals surface area contributed by atoms with E-state index in [0.29, 0.717) is 5.92 Å². The van der Waals surface area contributed by atoms with E-state index in [4.69, 9.17) is 5.73 Å². The lowest BCUT2D eigenvalue weighted by Crippen LogP contribution is -2.49. The number of hydrogen-bond donors (Lipinski definition) is 2. The van der Waals surface area contributed by atoms with Crippen molar-refractivity contribution in [2.24, 2.45) is 17.1 Å². The third-order valence-corrected chi connectivity index (χ3v) is 4.01. The van der Waals surface area contributed by atoms with Gasteiger partial charge in [-0.25, -0.2) is 0 Å². The van der Waals surface area contributed by atoms with Crippen molar-refractivity contribution >= 4 is 5.91 Å². The van der Waals surface area contributed by atoms with Gasteiger partial charge in [-0.3, -0.25) is 4.79 Å². The molecule has 0 aromatic heterocycles. The summed E-state index contributed by atoms with van der Waals surface area (Å²) in [5, 5.41) is 3.04. The third kappa shape index (κ3) is 5.38. The summed E-state index contributed by atoms with van der Waals surface area (Å²) in [4.78, 5) is 12.0. The summed E-state index contributed by atoms with van der Waals surface area (Å²) in [5.41, 5.74) is 5.79. The molecule has 0 heterocycles. The topological polar surface area (TPSA) is 55.1 Å². The van der Waals surface area contributed by atoms with Crippen molar-refractivity contribution in [1.29, 1.82) is 0 Å². The summed E-state index contributed by atoms with van der Waals surface area (Å²) in [6.07, 6.45) is 9.22. The van der Waals surface area contributed by atoms with Gasteiger partial charge in [-0.1, -0.05) is 52.9 Å². The quantitative estimate of drug-likeness (QED) is 0.813. The van der Waals surface area contributed by atoms with Crippen LogP contribution in [-0.2, 0) is 4.79 Å². The van der Waals surface area contributed by atoms with Gasteiger partial charge in [0.25, 0.3) is 0 Å². The molecule has 106 valence electrons. The molecule has 0 spiro atoms. The Hall–Kier alpha value is -0.570. The summed E-state index contributed by atoms with van der Waals surface area (Å²) in [6.45, 7) is 6.83. The fourth-order valence-corrected chi connectivity index (χ4v) is 2.49. The van der Waals surface area contributed by atoms with Crippen LogP contribution in [0.3, 0.4) is 0 Å². The van der Waals surface area contributed by atoms with Crippen molar-refractivity contribution in [1.82, 2.24) is 5.32 Å². The number of carbonyl (C=O) groups is 1. The smallest absolute Gasteiger partial charge is 0.237 e. The minimum atomic E-state index is -0.411. The fraction of sp³-hybridized carbons (Fsp3) is 0.933. The van der Waals surface area contributed by atoms with Crippen molar-refractivity contribution in [3.05, 3.63) is 0 Å². The standard InChI is InChI=1S/C15H30N2O/c1-15(2,3)13(16)14(18)17-11-12-9-7-5-4-6-8-10-12/h12-13H,4-11,16H2,1-3H3,(H,17,18)/t13-/m1/s1. The van der Waals surface area contributed by atoms with Crippen molar-refractivity contribution in [3.63, 3.8) is 0 Å². The first-order valence-corrected chi connectivity index (χ1v) is 7.44. The maximum Gasteiger partial charge on any atom is 0.237 e. The van der Waals surface area contributed by atoms with Crippen LogP contribution in [0.1, 0.15) is 65.7 Å². The van der Waals surface area contributed by atoms with E-state index in [2.05, 4.69) is 5.32 Å². The molecule has 0 unspecified atom stereocenters. The Balaban J connectivity index is 2.32. The molecule has 1 aliphatic rings. The van der Waals surface area contributed by atoms with Gasteiger partial charge < -0.3 is 11.1 Å². The molecule has 0 bridgehead atoms. The van der Waals surface area contributed by atoms with Crippen LogP contribution < -0.4 is 11.1 Å². The predicted octanol–water partition coefficient (Wildman–Crippen LogP) is 2.84. The highest BCUT2D eigenvalue weighted by Crippen LogP contribution is 2.22. The van der Waals surface area contributed by atoms with E-state index in [-0.39, 0.29) is 11.3 Å². The molecule has 0 aliphatic heterocycles. The number of amides is 1. The first-order valence-electron chi connectivity index (χ1n) is 7.44. The first kappa shape index (κ1) is 15.5. The Morgan fingerprint density at radius 3 is 2.17 bits per heavy atom. The van der Waals surface area contributed by atoms with Crippen LogP contribution in [0.5, 0.6) is 0 Å². The molecule has 1 atom stereocenters. The highest BCUT2D eigenvalue weighted by Gasteiger charge is 2.27. The molecule has 18 heavy (non-hydrogen) atoms. The van der Waals surface area contributed by atoms with E-state index in [1.165, 1.54) is 44.9 Å². The highest BCUT2D eigenvalue weighted by molar-refractivity contribution is 5.82. The number of hydrogen-bond acceptors (Lipinski definition) is 2. The third-order valence-electron chi connectivity index (χ3n) is 4.01. The molecule has 0 radical (unpaired) electrons. The van der Waals surface area contributed by atoms with Crippen LogP contribution in [0.15, 0.2) is 0 Å². The van der Waals surface area contributed by atoms with Crippen LogP contribution in [0.2, 0.25) is 0 Å². The Labute approximate surface area is 112 Å². The van der Waals surface area contributed by atoms with Crippen LogP contribution >= 0.6 is 0 Å². The zero-order valence-electron chi connectivity index (χ0n) is 12.3. The molecule has 1 rings (SSSR count). The van der Waals surface area contributed by atoms with E-state index in [9.17, 15) is 4.79 Å². The van der Waals surface area contributed by atoms with Gasteiger partial charge in [0, 0.05) is 6.54 Å². The summed E-state index contributed by atoms with van der Waals surface area (Å²) in [7, 11) is 0. The van der Waals surface area contributed by atoms with Crippen LogP contribution in [0.4, 0.5) is 0 Å². The zero-order chi connectivity index (χ0) is 13.6. The minimum Gasteiger partial charge on any atom is -0.354 e. The van der Waals surface area contributed by atoms with E-state index in [1.807, 2.05) is 20.8 Å². The molecule has 3 N–H and O–H groups in total. The average Bonchev–Trinajstić information content (AvgIpc) is 2.25. The van der Waals surface area contributed by atoms with Crippen molar-refractivity contribution in [2.45, 2.75) is 71.8 Å². The number of nitrogens with one attached hydrogen (secondary N) is 1. The SMILES string of the molecule is CC(C)(C)[C@H](N)C(=O)NCC1CCCCCCC1. The molecule has 1 fully saturated rings. The van der Waals surface area contributed by atoms with Crippen molar-refractivity contribution in [2.75, 3.05) is 6.54 Å².